The number of urea groups is 1. The van der Waals surface area contributed by atoms with Crippen LogP contribution in [-0.4, -0.2) is 44.3 Å². The Kier molecular flexibility index (Phi) is 7.20. The quantitative estimate of drug-likeness (QED) is 0.533. The molecule has 1 aromatic carbocycles. The van der Waals surface area contributed by atoms with Gasteiger partial charge in [-0.25, -0.2) is 9.59 Å². The van der Waals surface area contributed by atoms with E-state index in [1.807, 2.05) is 6.92 Å². The first-order valence-corrected chi connectivity index (χ1v) is 9.42. The summed E-state index contributed by atoms with van der Waals surface area (Å²) in [5, 5.41) is 5.40. The highest BCUT2D eigenvalue weighted by Gasteiger charge is 2.34. The average molecular weight is 380 g/mol. The van der Waals surface area contributed by atoms with Crippen molar-refractivity contribution >= 4 is 23.8 Å². The van der Waals surface area contributed by atoms with Crippen molar-refractivity contribution < 1.29 is 23.8 Å². The maximum Gasteiger partial charge on any atom is 0.338 e. The van der Waals surface area contributed by atoms with Crippen LogP contribution < -0.4 is 20.1 Å². The second-order valence-corrected chi connectivity index (χ2v) is 6.90. The number of allylic oxidation sites excluding steroid dienone is 1. The summed E-state index contributed by atoms with van der Waals surface area (Å²) < 4.78 is 16.1. The molecule has 1 aromatic rings. The number of esters is 1. The normalized spacial score (nSPS) is 16.6. The lowest BCUT2D eigenvalue weighted by Crippen LogP contribution is -2.45. The summed E-state index contributed by atoms with van der Waals surface area (Å²) in [7, 11) is 3.08. The minimum absolute atomic E-state index is 0.310. The third kappa shape index (κ3) is 4.63. The molecule has 0 saturated heterocycles. The van der Waals surface area contributed by atoms with E-state index in [4.69, 9.17) is 14.2 Å². The Bertz CT molecular complexity index is 705. The molecule has 2 amide bonds. The van der Waals surface area contributed by atoms with Gasteiger partial charge in [0.05, 0.1) is 25.8 Å². The van der Waals surface area contributed by atoms with Crippen molar-refractivity contribution in [3.05, 3.63) is 35.0 Å². The van der Waals surface area contributed by atoms with E-state index in [0.717, 1.165) is 11.5 Å². The van der Waals surface area contributed by atoms with Crippen molar-refractivity contribution in [2.75, 3.05) is 32.3 Å². The Morgan fingerprint density at radius 3 is 2.69 bits per heavy atom. The molecular formula is C18H24N2O5S. The van der Waals surface area contributed by atoms with Gasteiger partial charge >= 0.3 is 12.0 Å². The number of methoxy groups -OCH3 is 2. The molecule has 142 valence electrons. The topological polar surface area (TPSA) is 85.9 Å². The van der Waals surface area contributed by atoms with Gasteiger partial charge in [0.1, 0.15) is 18.1 Å². The van der Waals surface area contributed by atoms with E-state index in [-0.39, 0.29) is 0 Å². The SMILES string of the molecule is CCSCCOC(=O)C1=C(C)NC(=O)N[C@@H]1c1cc(OC)ccc1OC. The highest BCUT2D eigenvalue weighted by Crippen LogP contribution is 2.35. The van der Waals surface area contributed by atoms with Gasteiger partial charge in [0, 0.05) is 17.0 Å². The minimum atomic E-state index is -0.694. The van der Waals surface area contributed by atoms with Gasteiger partial charge < -0.3 is 24.8 Å². The summed E-state index contributed by atoms with van der Waals surface area (Å²) in [6, 6.07) is 4.14. The van der Waals surface area contributed by atoms with E-state index in [2.05, 4.69) is 10.6 Å². The number of hydrogen-bond donors (Lipinski definition) is 2. The van der Waals surface area contributed by atoms with Crippen LogP contribution in [-0.2, 0) is 9.53 Å². The molecule has 1 atom stereocenters. The molecule has 7 nitrogen and oxygen atoms in total. The molecule has 2 N–H and O–H groups in total. The molecule has 0 unspecified atom stereocenters. The third-order valence-electron chi connectivity index (χ3n) is 3.90. The molecule has 0 saturated carbocycles. The highest BCUT2D eigenvalue weighted by atomic mass is 32.2. The molecule has 0 bridgehead atoms. The van der Waals surface area contributed by atoms with E-state index >= 15 is 0 Å². The number of thioether (sulfide) groups is 1. The van der Waals surface area contributed by atoms with Crippen molar-refractivity contribution in [2.45, 2.75) is 19.9 Å². The third-order valence-corrected chi connectivity index (χ3v) is 4.77. The molecule has 1 aliphatic rings. The van der Waals surface area contributed by atoms with Crippen LogP contribution in [0, 0.1) is 0 Å². The molecule has 0 spiro atoms. The number of benzene rings is 1. The molecule has 26 heavy (non-hydrogen) atoms. The van der Waals surface area contributed by atoms with E-state index < -0.39 is 18.0 Å². The lowest BCUT2D eigenvalue weighted by molar-refractivity contribution is -0.138. The Morgan fingerprint density at radius 2 is 2.04 bits per heavy atom. The molecule has 1 aliphatic heterocycles. The number of rotatable bonds is 8. The summed E-state index contributed by atoms with van der Waals surface area (Å²) in [5.41, 5.74) is 1.42. The first kappa shape index (κ1) is 20.0. The van der Waals surface area contributed by atoms with Gasteiger partial charge in [-0.2, -0.15) is 11.8 Å². The van der Waals surface area contributed by atoms with Crippen LogP contribution in [0.2, 0.25) is 0 Å². The fourth-order valence-electron chi connectivity index (χ4n) is 2.68. The van der Waals surface area contributed by atoms with E-state index in [1.165, 1.54) is 7.11 Å². The summed E-state index contributed by atoms with van der Waals surface area (Å²) in [6.07, 6.45) is 0. The van der Waals surface area contributed by atoms with Gasteiger partial charge in [-0.05, 0) is 30.9 Å². The fraction of sp³-hybridized carbons (Fsp3) is 0.444. The largest absolute Gasteiger partial charge is 0.497 e. The maximum atomic E-state index is 12.7. The van der Waals surface area contributed by atoms with Crippen molar-refractivity contribution in [3.63, 3.8) is 0 Å². The number of ether oxygens (including phenoxy) is 3. The number of amides is 2. The number of hydrogen-bond acceptors (Lipinski definition) is 6. The smallest absolute Gasteiger partial charge is 0.338 e. The zero-order valence-corrected chi connectivity index (χ0v) is 16.2. The summed E-state index contributed by atoms with van der Waals surface area (Å²) in [4.78, 5) is 24.7. The predicted molar refractivity (Wildman–Crippen MR) is 101 cm³/mol. The van der Waals surface area contributed by atoms with Gasteiger partial charge in [0.25, 0.3) is 0 Å². The van der Waals surface area contributed by atoms with Crippen LogP contribution in [0.15, 0.2) is 29.5 Å². The van der Waals surface area contributed by atoms with Crippen molar-refractivity contribution in [2.24, 2.45) is 0 Å². The molecular weight excluding hydrogens is 356 g/mol. The second-order valence-electron chi connectivity index (χ2n) is 5.51. The Balaban J connectivity index is 2.36. The molecule has 0 fully saturated rings. The van der Waals surface area contributed by atoms with Crippen molar-refractivity contribution in [1.82, 2.24) is 10.6 Å². The zero-order valence-electron chi connectivity index (χ0n) is 15.4. The van der Waals surface area contributed by atoms with Crippen molar-refractivity contribution in [1.29, 1.82) is 0 Å². The summed E-state index contributed by atoms with van der Waals surface area (Å²) in [5.74, 6) is 2.35. The molecule has 0 aromatic heterocycles. The summed E-state index contributed by atoms with van der Waals surface area (Å²) >= 11 is 1.69. The molecule has 8 heteroatoms. The second kappa shape index (κ2) is 9.38. The van der Waals surface area contributed by atoms with Gasteiger partial charge in [-0.15, -0.1) is 0 Å². The van der Waals surface area contributed by atoms with E-state index in [9.17, 15) is 9.59 Å². The fourth-order valence-corrected chi connectivity index (χ4v) is 3.17. The lowest BCUT2D eigenvalue weighted by Gasteiger charge is -2.29. The van der Waals surface area contributed by atoms with Gasteiger partial charge in [0.15, 0.2) is 0 Å². The Labute approximate surface area is 157 Å². The first-order chi connectivity index (χ1) is 12.5. The number of carbonyl (C=O) groups is 2. The average Bonchev–Trinajstić information content (AvgIpc) is 2.63. The first-order valence-electron chi connectivity index (χ1n) is 8.26. The molecule has 2 rings (SSSR count). The van der Waals surface area contributed by atoms with Crippen LogP contribution in [0.1, 0.15) is 25.5 Å². The summed E-state index contributed by atoms with van der Waals surface area (Å²) in [6.45, 7) is 4.03. The predicted octanol–water partition coefficient (Wildman–Crippen LogP) is 2.63. The van der Waals surface area contributed by atoms with Gasteiger partial charge in [-0.1, -0.05) is 6.92 Å². The molecule has 0 radical (unpaired) electrons. The van der Waals surface area contributed by atoms with Crippen LogP contribution in [0.5, 0.6) is 11.5 Å². The van der Waals surface area contributed by atoms with E-state index in [1.54, 1.807) is 44.0 Å². The maximum absolute atomic E-state index is 12.7. The monoisotopic (exact) mass is 380 g/mol. The number of nitrogens with one attached hydrogen (secondary N) is 2. The Hall–Kier alpha value is -2.35. The molecule has 1 heterocycles. The molecule has 0 aliphatic carbocycles. The van der Waals surface area contributed by atoms with Crippen molar-refractivity contribution in [3.8, 4) is 11.5 Å². The zero-order chi connectivity index (χ0) is 19.1. The van der Waals surface area contributed by atoms with E-state index in [0.29, 0.717) is 34.9 Å². The Morgan fingerprint density at radius 1 is 1.27 bits per heavy atom. The van der Waals surface area contributed by atoms with Gasteiger partial charge in [-0.3, -0.25) is 0 Å². The standard InChI is InChI=1S/C18H24N2O5S/c1-5-26-9-8-25-17(21)15-11(2)19-18(22)20-16(15)13-10-12(23-3)6-7-14(13)24-4/h6-7,10,16H,5,8-9H2,1-4H3,(H2,19,20,22)/t16-/m1/s1. The number of carbonyl (C=O) groups excluding carboxylic acids is 2. The van der Waals surface area contributed by atoms with Crippen LogP contribution in [0.4, 0.5) is 4.79 Å². The minimum Gasteiger partial charge on any atom is -0.497 e. The van der Waals surface area contributed by atoms with Crippen LogP contribution >= 0.6 is 11.8 Å². The van der Waals surface area contributed by atoms with Crippen LogP contribution in [0.25, 0.3) is 0 Å². The lowest BCUT2D eigenvalue weighted by atomic mass is 9.94. The highest BCUT2D eigenvalue weighted by molar-refractivity contribution is 7.99. The van der Waals surface area contributed by atoms with Gasteiger partial charge in [0.2, 0.25) is 0 Å². The van der Waals surface area contributed by atoms with Crippen LogP contribution in [0.3, 0.4) is 0 Å².